The third-order valence-electron chi connectivity index (χ3n) is 2.52. The summed E-state index contributed by atoms with van der Waals surface area (Å²) in [5, 5.41) is 3.54. The van der Waals surface area contributed by atoms with Crippen LogP contribution in [0.4, 0.5) is 0 Å². The Balaban J connectivity index is 2.19. The van der Waals surface area contributed by atoms with Gasteiger partial charge in [-0.25, -0.2) is 0 Å². The molecule has 0 bridgehead atoms. The Morgan fingerprint density at radius 3 is 2.36 bits per heavy atom. The van der Waals surface area contributed by atoms with Crippen molar-refractivity contribution in [2.45, 2.75) is 44.9 Å². The molecular weight excluding hydrogens is 136 g/mol. The van der Waals surface area contributed by atoms with E-state index in [-0.39, 0.29) is 0 Å². The van der Waals surface area contributed by atoms with Crippen LogP contribution in [-0.4, -0.2) is 6.21 Å². The zero-order valence-corrected chi connectivity index (χ0v) is 7.13. The fourth-order valence-corrected chi connectivity index (χ4v) is 1.81. The van der Waals surface area contributed by atoms with Gasteiger partial charge in [0.15, 0.2) is 0 Å². The molecule has 1 aliphatic carbocycles. The smallest absolute Gasteiger partial charge is 0.0243 e. The number of nitrogens with zero attached hydrogens (tertiary/aromatic N) is 1. The molecule has 1 fully saturated rings. The van der Waals surface area contributed by atoms with Gasteiger partial charge in [-0.2, -0.15) is 5.10 Å². The molecule has 2 heteroatoms. The molecular formula is C9H18N2. The molecule has 1 rings (SSSR count). The average molecular weight is 154 g/mol. The molecule has 0 aromatic rings. The van der Waals surface area contributed by atoms with Gasteiger partial charge in [0.25, 0.3) is 0 Å². The van der Waals surface area contributed by atoms with Crippen molar-refractivity contribution in [2.24, 2.45) is 16.9 Å². The Morgan fingerprint density at radius 2 is 1.82 bits per heavy atom. The summed E-state index contributed by atoms with van der Waals surface area (Å²) in [6.45, 7) is 0. The summed E-state index contributed by atoms with van der Waals surface area (Å²) in [4.78, 5) is 0. The summed E-state index contributed by atoms with van der Waals surface area (Å²) < 4.78 is 0. The van der Waals surface area contributed by atoms with Crippen LogP contribution in [0.1, 0.15) is 44.9 Å². The second-order valence-electron chi connectivity index (χ2n) is 3.42. The van der Waals surface area contributed by atoms with Crippen LogP contribution >= 0.6 is 0 Å². The van der Waals surface area contributed by atoms with Crippen LogP contribution in [0.5, 0.6) is 0 Å². The molecule has 2 nitrogen and oxygen atoms in total. The average Bonchev–Trinajstić information content (AvgIpc) is 2.28. The molecule has 0 saturated heterocycles. The standard InChI is InChI=1S/C9H18N2/c10-11-8-7-9-5-3-1-2-4-6-9/h8-9H,1-7,10H2/b11-8+. The van der Waals surface area contributed by atoms with Gasteiger partial charge in [-0.1, -0.05) is 38.5 Å². The highest BCUT2D eigenvalue weighted by molar-refractivity contribution is 5.56. The van der Waals surface area contributed by atoms with E-state index in [4.69, 9.17) is 5.84 Å². The van der Waals surface area contributed by atoms with Crippen LogP contribution in [0.3, 0.4) is 0 Å². The zero-order chi connectivity index (χ0) is 7.94. The number of hydrazone groups is 1. The molecule has 0 aromatic heterocycles. The molecule has 1 aliphatic rings. The van der Waals surface area contributed by atoms with Crippen molar-refractivity contribution in [1.29, 1.82) is 0 Å². The first kappa shape index (κ1) is 8.57. The second-order valence-corrected chi connectivity index (χ2v) is 3.42. The quantitative estimate of drug-likeness (QED) is 0.282. The van der Waals surface area contributed by atoms with E-state index in [1.54, 1.807) is 0 Å². The van der Waals surface area contributed by atoms with Crippen LogP contribution in [0.15, 0.2) is 5.10 Å². The molecule has 0 aliphatic heterocycles. The lowest BCUT2D eigenvalue weighted by molar-refractivity contribution is 0.479. The maximum Gasteiger partial charge on any atom is 0.0243 e. The van der Waals surface area contributed by atoms with Gasteiger partial charge >= 0.3 is 0 Å². The van der Waals surface area contributed by atoms with Gasteiger partial charge in [-0.15, -0.1) is 0 Å². The minimum absolute atomic E-state index is 0.866. The third-order valence-corrected chi connectivity index (χ3v) is 2.52. The summed E-state index contributed by atoms with van der Waals surface area (Å²) in [5.74, 6) is 5.92. The van der Waals surface area contributed by atoms with Crippen LogP contribution in [0.25, 0.3) is 0 Å². The summed E-state index contributed by atoms with van der Waals surface area (Å²) in [6, 6.07) is 0. The maximum absolute atomic E-state index is 5.05. The first-order valence-electron chi connectivity index (χ1n) is 4.65. The monoisotopic (exact) mass is 154 g/mol. The highest BCUT2D eigenvalue weighted by Crippen LogP contribution is 2.24. The normalized spacial score (nSPS) is 22.2. The fraction of sp³-hybridized carbons (Fsp3) is 0.889. The summed E-state index contributed by atoms with van der Waals surface area (Å²) in [6.07, 6.45) is 11.4. The maximum atomic E-state index is 5.05. The molecule has 0 aromatic carbocycles. The Hall–Kier alpha value is -0.530. The summed E-state index contributed by atoms with van der Waals surface area (Å²) in [5.41, 5.74) is 0. The van der Waals surface area contributed by atoms with Gasteiger partial charge in [0.1, 0.15) is 0 Å². The van der Waals surface area contributed by atoms with Crippen molar-refractivity contribution in [2.75, 3.05) is 0 Å². The Labute approximate surface area is 68.9 Å². The number of hydrogen-bond donors (Lipinski definition) is 1. The van der Waals surface area contributed by atoms with E-state index in [0.717, 1.165) is 12.3 Å². The highest BCUT2D eigenvalue weighted by Gasteiger charge is 2.10. The van der Waals surface area contributed by atoms with Crippen molar-refractivity contribution in [3.8, 4) is 0 Å². The lowest BCUT2D eigenvalue weighted by Crippen LogP contribution is -1.99. The summed E-state index contributed by atoms with van der Waals surface area (Å²) in [7, 11) is 0. The van der Waals surface area contributed by atoms with E-state index in [0.29, 0.717) is 0 Å². The van der Waals surface area contributed by atoms with Gasteiger partial charge in [-0.3, -0.25) is 0 Å². The van der Waals surface area contributed by atoms with Gasteiger partial charge in [-0.05, 0) is 12.3 Å². The minimum Gasteiger partial charge on any atom is -0.324 e. The predicted molar refractivity (Wildman–Crippen MR) is 48.5 cm³/mol. The van der Waals surface area contributed by atoms with E-state index in [1.807, 2.05) is 6.21 Å². The molecule has 0 spiro atoms. The van der Waals surface area contributed by atoms with E-state index >= 15 is 0 Å². The number of rotatable bonds is 2. The van der Waals surface area contributed by atoms with Gasteiger partial charge in [0.05, 0.1) is 0 Å². The molecule has 0 unspecified atom stereocenters. The largest absolute Gasteiger partial charge is 0.324 e. The van der Waals surface area contributed by atoms with Crippen LogP contribution in [0, 0.1) is 5.92 Å². The van der Waals surface area contributed by atoms with E-state index in [2.05, 4.69) is 5.10 Å². The first-order chi connectivity index (χ1) is 5.43. The topological polar surface area (TPSA) is 38.4 Å². The van der Waals surface area contributed by atoms with Crippen LogP contribution < -0.4 is 5.84 Å². The van der Waals surface area contributed by atoms with Crippen LogP contribution in [-0.2, 0) is 0 Å². The summed E-state index contributed by atoms with van der Waals surface area (Å²) >= 11 is 0. The van der Waals surface area contributed by atoms with E-state index < -0.39 is 0 Å². The predicted octanol–water partition coefficient (Wildman–Crippen LogP) is 2.29. The van der Waals surface area contributed by atoms with Crippen molar-refractivity contribution in [3.05, 3.63) is 0 Å². The molecule has 0 heterocycles. The number of hydrogen-bond acceptors (Lipinski definition) is 2. The van der Waals surface area contributed by atoms with Crippen molar-refractivity contribution >= 4 is 6.21 Å². The van der Waals surface area contributed by atoms with Crippen molar-refractivity contribution in [1.82, 2.24) is 0 Å². The molecule has 11 heavy (non-hydrogen) atoms. The van der Waals surface area contributed by atoms with Gasteiger partial charge in [0, 0.05) is 6.21 Å². The molecule has 0 radical (unpaired) electrons. The first-order valence-corrected chi connectivity index (χ1v) is 4.65. The highest BCUT2D eigenvalue weighted by atomic mass is 15.1. The lowest BCUT2D eigenvalue weighted by Gasteiger charge is -2.08. The Bertz CT molecular complexity index is 113. The second kappa shape index (κ2) is 5.16. The Kier molecular flexibility index (Phi) is 4.02. The SMILES string of the molecule is N/N=C/CC1CCCCCC1. The van der Waals surface area contributed by atoms with Crippen LogP contribution in [0.2, 0.25) is 0 Å². The third kappa shape index (κ3) is 3.40. The van der Waals surface area contributed by atoms with Gasteiger partial charge in [0.2, 0.25) is 0 Å². The fourth-order valence-electron chi connectivity index (χ4n) is 1.81. The van der Waals surface area contributed by atoms with Crippen molar-refractivity contribution in [3.63, 3.8) is 0 Å². The molecule has 0 atom stereocenters. The van der Waals surface area contributed by atoms with E-state index in [9.17, 15) is 0 Å². The molecule has 1 saturated carbocycles. The minimum atomic E-state index is 0.866. The molecule has 0 amide bonds. The zero-order valence-electron chi connectivity index (χ0n) is 7.13. The van der Waals surface area contributed by atoms with Crippen molar-refractivity contribution < 1.29 is 0 Å². The van der Waals surface area contributed by atoms with Gasteiger partial charge < -0.3 is 5.84 Å². The molecule has 2 N–H and O–H groups in total. The van der Waals surface area contributed by atoms with E-state index in [1.165, 1.54) is 38.5 Å². The number of nitrogens with two attached hydrogens (primary N) is 1. The lowest BCUT2D eigenvalue weighted by atomic mass is 9.97. The Morgan fingerprint density at radius 1 is 1.18 bits per heavy atom. The molecule has 64 valence electrons.